The molecule has 1 aromatic heterocycles. The van der Waals surface area contributed by atoms with Crippen LogP contribution in [0.3, 0.4) is 0 Å². The van der Waals surface area contributed by atoms with E-state index < -0.39 is 12.0 Å². The molecule has 3 aliphatic rings. The van der Waals surface area contributed by atoms with E-state index in [2.05, 4.69) is 14.9 Å². The second-order valence-electron chi connectivity index (χ2n) is 9.00. The minimum atomic E-state index is -2.93. The summed E-state index contributed by atoms with van der Waals surface area (Å²) < 4.78 is 31.4. The van der Waals surface area contributed by atoms with Crippen molar-refractivity contribution in [2.45, 2.75) is 39.3 Å². The molecule has 0 bridgehead atoms. The van der Waals surface area contributed by atoms with Gasteiger partial charge in [-0.25, -0.2) is 18.7 Å². The minimum absolute atomic E-state index is 0.0443. The van der Waals surface area contributed by atoms with Crippen molar-refractivity contribution in [3.8, 4) is 22.5 Å². The van der Waals surface area contributed by atoms with E-state index in [4.69, 9.17) is 9.98 Å². The lowest BCUT2D eigenvalue weighted by Crippen LogP contribution is -2.21. The maximum atomic E-state index is 13.9. The van der Waals surface area contributed by atoms with Gasteiger partial charge in [0.1, 0.15) is 17.5 Å². The zero-order valence-corrected chi connectivity index (χ0v) is 20.0. The first-order valence-electron chi connectivity index (χ1n) is 11.5. The van der Waals surface area contributed by atoms with Crippen molar-refractivity contribution in [2.75, 3.05) is 11.9 Å². The number of nitrogens with zero attached hydrogens (tertiary/aromatic N) is 5. The molecular formula is C26H26F2N6O. The molecule has 0 amide bonds. The number of hydrogen-bond donors (Lipinski definition) is 1. The van der Waals surface area contributed by atoms with Crippen LogP contribution in [0.1, 0.15) is 36.8 Å². The molecule has 1 N–H and O–H groups in total. The summed E-state index contributed by atoms with van der Waals surface area (Å²) in [5, 5.41) is 3.43. The van der Waals surface area contributed by atoms with Crippen molar-refractivity contribution < 1.29 is 8.78 Å². The molecule has 7 nitrogen and oxygen atoms in total. The third kappa shape index (κ3) is 4.22. The fraction of sp³-hybridized carbons (Fsp3) is 0.308. The van der Waals surface area contributed by atoms with Crippen molar-refractivity contribution in [2.24, 2.45) is 12.0 Å². The number of anilines is 1. The number of benzene rings is 1. The number of aromatic nitrogens is 4. The van der Waals surface area contributed by atoms with E-state index in [1.165, 1.54) is 12.1 Å². The Balaban J connectivity index is 1.71. The van der Waals surface area contributed by atoms with Gasteiger partial charge in [0.05, 0.1) is 11.6 Å². The maximum Gasteiger partial charge on any atom is 0.270 e. The summed E-state index contributed by atoms with van der Waals surface area (Å²) >= 11 is 0. The maximum absolute atomic E-state index is 13.9. The lowest BCUT2D eigenvalue weighted by molar-refractivity contribution is 0.0174. The van der Waals surface area contributed by atoms with Gasteiger partial charge in [0, 0.05) is 56.0 Å². The zero-order chi connectivity index (χ0) is 24.9. The zero-order valence-electron chi connectivity index (χ0n) is 20.0. The largest absolute Gasteiger partial charge is 0.369 e. The van der Waals surface area contributed by atoms with Crippen LogP contribution in [0, 0.1) is 6.92 Å². The van der Waals surface area contributed by atoms with Gasteiger partial charge in [0.2, 0.25) is 5.56 Å². The summed E-state index contributed by atoms with van der Waals surface area (Å²) in [6.45, 7) is 6.05. The Morgan fingerprint density at radius 2 is 1.94 bits per heavy atom. The molecule has 2 aromatic rings. The number of aryl methyl sites for hydroxylation is 2. The number of rotatable bonds is 4. The molecule has 5 rings (SSSR count). The molecule has 0 radical (unpaired) electrons. The SMILES string of the molecule is Cc1nc2n3c(c(-c4ccc(=O)n(C)c4)cc-2c(=N[C@H](C)c2cccc(C(C)(F)F)c2)n1)NCC3. The van der Waals surface area contributed by atoms with Gasteiger partial charge in [0.25, 0.3) is 5.92 Å². The van der Waals surface area contributed by atoms with E-state index in [0.29, 0.717) is 16.9 Å². The van der Waals surface area contributed by atoms with Gasteiger partial charge in [-0.1, -0.05) is 18.2 Å². The molecule has 1 aromatic carbocycles. The Morgan fingerprint density at radius 1 is 1.14 bits per heavy atom. The van der Waals surface area contributed by atoms with Gasteiger partial charge in [-0.3, -0.25) is 9.79 Å². The van der Waals surface area contributed by atoms with E-state index in [1.54, 1.807) is 42.1 Å². The highest BCUT2D eigenvalue weighted by Gasteiger charge is 2.26. The molecule has 35 heavy (non-hydrogen) atoms. The predicted octanol–water partition coefficient (Wildman–Crippen LogP) is 4.26. The lowest BCUT2D eigenvalue weighted by atomic mass is 10.0. The third-order valence-corrected chi connectivity index (χ3v) is 6.30. The van der Waals surface area contributed by atoms with Crippen LogP contribution in [-0.4, -0.2) is 25.6 Å². The number of halogens is 2. The van der Waals surface area contributed by atoms with E-state index in [1.807, 2.05) is 19.9 Å². The van der Waals surface area contributed by atoms with Gasteiger partial charge < -0.3 is 14.5 Å². The standard InChI is InChI=1S/C26H26F2N6O/c1-15(17-6-5-7-19(12-17)26(3,27)28)30-23-21-13-20(18-8-9-22(35)33(4)14-18)24-29-10-11-34(24)25(21)32-16(2)31-23/h5-9,12-15,29H,10-11H2,1-4H3/t15-/m1/s1. The number of nitrogens with one attached hydrogen (secondary N) is 1. The first kappa shape index (κ1) is 22.9. The molecule has 9 heteroatoms. The lowest BCUT2D eigenvalue weighted by Gasteiger charge is -2.19. The Hall–Kier alpha value is -3.88. The Morgan fingerprint density at radius 3 is 2.69 bits per heavy atom. The van der Waals surface area contributed by atoms with Gasteiger partial charge in [-0.05, 0) is 37.6 Å². The molecule has 0 spiro atoms. The molecular weight excluding hydrogens is 450 g/mol. The first-order valence-corrected chi connectivity index (χ1v) is 11.5. The van der Waals surface area contributed by atoms with Gasteiger partial charge >= 0.3 is 0 Å². The molecule has 180 valence electrons. The second kappa shape index (κ2) is 8.41. The van der Waals surface area contributed by atoms with E-state index in [0.717, 1.165) is 48.3 Å². The Bertz CT molecular complexity index is 1530. The number of pyridine rings is 2. The number of hydrogen-bond acceptors (Lipinski definition) is 5. The van der Waals surface area contributed by atoms with Crippen molar-refractivity contribution in [3.63, 3.8) is 0 Å². The van der Waals surface area contributed by atoms with Crippen LogP contribution in [-0.2, 0) is 19.5 Å². The average Bonchev–Trinajstić information content (AvgIpc) is 3.30. The van der Waals surface area contributed by atoms with E-state index in [-0.39, 0.29) is 11.1 Å². The Labute approximate surface area is 201 Å². The molecule has 3 aliphatic heterocycles. The highest BCUT2D eigenvalue weighted by Crippen LogP contribution is 2.36. The van der Waals surface area contributed by atoms with Gasteiger partial charge in [-0.15, -0.1) is 0 Å². The fourth-order valence-corrected chi connectivity index (χ4v) is 4.45. The quantitative estimate of drug-likeness (QED) is 0.478. The average molecular weight is 477 g/mol. The van der Waals surface area contributed by atoms with Crippen LogP contribution < -0.4 is 16.4 Å². The summed E-state index contributed by atoms with van der Waals surface area (Å²) in [5.41, 5.74) is 3.60. The van der Waals surface area contributed by atoms with Crippen molar-refractivity contribution in [3.05, 3.63) is 81.5 Å². The highest BCUT2D eigenvalue weighted by atomic mass is 19.3. The minimum Gasteiger partial charge on any atom is -0.369 e. The van der Waals surface area contributed by atoms with Crippen LogP contribution in [0.15, 0.2) is 58.4 Å². The van der Waals surface area contributed by atoms with Gasteiger partial charge in [-0.2, -0.15) is 0 Å². The molecule has 0 saturated carbocycles. The molecule has 0 unspecified atom stereocenters. The summed E-state index contributed by atoms with van der Waals surface area (Å²) in [4.78, 5) is 26.1. The summed E-state index contributed by atoms with van der Waals surface area (Å²) in [5.74, 6) is -0.672. The van der Waals surface area contributed by atoms with Crippen LogP contribution >= 0.6 is 0 Å². The van der Waals surface area contributed by atoms with Crippen molar-refractivity contribution in [1.82, 2.24) is 19.1 Å². The number of fused-ring (bicyclic) bond motifs is 3. The van der Waals surface area contributed by atoms with Crippen LogP contribution in [0.5, 0.6) is 0 Å². The monoisotopic (exact) mass is 476 g/mol. The van der Waals surface area contributed by atoms with Crippen LogP contribution in [0.25, 0.3) is 22.5 Å². The molecule has 0 aliphatic carbocycles. The topological polar surface area (TPSA) is 77.1 Å². The summed E-state index contributed by atoms with van der Waals surface area (Å²) in [6, 6.07) is 11.3. The normalized spacial score (nSPS) is 14.7. The molecule has 4 heterocycles. The fourth-order valence-electron chi connectivity index (χ4n) is 4.45. The Kier molecular flexibility index (Phi) is 5.50. The molecule has 0 saturated heterocycles. The van der Waals surface area contributed by atoms with Crippen LogP contribution in [0.2, 0.25) is 0 Å². The third-order valence-electron chi connectivity index (χ3n) is 6.30. The second-order valence-corrected chi connectivity index (χ2v) is 9.00. The van der Waals surface area contributed by atoms with Crippen molar-refractivity contribution >= 4 is 5.82 Å². The molecule has 0 fully saturated rings. The van der Waals surface area contributed by atoms with Crippen LogP contribution in [0.4, 0.5) is 14.6 Å². The van der Waals surface area contributed by atoms with Gasteiger partial charge in [0.15, 0.2) is 5.49 Å². The highest BCUT2D eigenvalue weighted by molar-refractivity contribution is 5.81. The summed E-state index contributed by atoms with van der Waals surface area (Å²) in [6.07, 6.45) is 1.80. The first-order chi connectivity index (χ1) is 16.6. The molecule has 1 atom stereocenters. The summed E-state index contributed by atoms with van der Waals surface area (Å²) in [7, 11) is 1.72. The van der Waals surface area contributed by atoms with E-state index >= 15 is 0 Å². The van der Waals surface area contributed by atoms with E-state index in [9.17, 15) is 13.6 Å². The number of alkyl halides is 2. The smallest absolute Gasteiger partial charge is 0.270 e. The van der Waals surface area contributed by atoms with Crippen molar-refractivity contribution in [1.29, 1.82) is 0 Å². The predicted molar refractivity (Wildman–Crippen MR) is 131 cm³/mol.